The zero-order chi connectivity index (χ0) is 15.6. The van der Waals surface area contributed by atoms with Gasteiger partial charge in [-0.3, -0.25) is 4.90 Å². The third kappa shape index (κ3) is 3.50. The summed E-state index contributed by atoms with van der Waals surface area (Å²) in [5.41, 5.74) is 1.34. The highest BCUT2D eigenvalue weighted by atomic mass is 16.4. The van der Waals surface area contributed by atoms with Crippen LogP contribution in [0.25, 0.3) is 0 Å². The van der Waals surface area contributed by atoms with Crippen LogP contribution in [0.5, 0.6) is 0 Å². The van der Waals surface area contributed by atoms with Crippen molar-refractivity contribution in [2.24, 2.45) is 0 Å². The highest BCUT2D eigenvalue weighted by molar-refractivity contribution is 5.46. The molecule has 1 aromatic heterocycles. The van der Waals surface area contributed by atoms with Gasteiger partial charge in [0.15, 0.2) is 0 Å². The number of oxazole rings is 1. The molecule has 118 valence electrons. The first kappa shape index (κ1) is 15.1. The van der Waals surface area contributed by atoms with Gasteiger partial charge in [-0.15, -0.1) is 0 Å². The lowest BCUT2D eigenvalue weighted by molar-refractivity contribution is 0.221. The first-order valence-corrected chi connectivity index (χ1v) is 8.00. The van der Waals surface area contributed by atoms with E-state index in [0.29, 0.717) is 0 Å². The molecule has 0 bridgehead atoms. The molecule has 4 nitrogen and oxygen atoms in total. The van der Waals surface area contributed by atoms with Gasteiger partial charge in [-0.25, -0.2) is 4.98 Å². The Morgan fingerprint density at radius 2 is 1.73 bits per heavy atom. The van der Waals surface area contributed by atoms with Gasteiger partial charge in [0.2, 0.25) is 5.89 Å². The van der Waals surface area contributed by atoms with Crippen LogP contribution < -0.4 is 4.90 Å². The molecule has 0 spiro atoms. The SMILES string of the molecule is CC(C)(C)c1cnc(CN2CCN(c3ccccc3)CC2)o1. The van der Waals surface area contributed by atoms with E-state index in [1.807, 2.05) is 6.20 Å². The van der Waals surface area contributed by atoms with Gasteiger partial charge in [0.05, 0.1) is 12.7 Å². The predicted molar refractivity (Wildman–Crippen MR) is 89.1 cm³/mol. The summed E-state index contributed by atoms with van der Waals surface area (Å²) in [5.74, 6) is 1.79. The number of aromatic nitrogens is 1. The van der Waals surface area contributed by atoms with Gasteiger partial charge >= 0.3 is 0 Å². The van der Waals surface area contributed by atoms with Crippen LogP contribution in [0.1, 0.15) is 32.4 Å². The van der Waals surface area contributed by atoms with Gasteiger partial charge in [-0.2, -0.15) is 0 Å². The summed E-state index contributed by atoms with van der Waals surface area (Å²) >= 11 is 0. The lowest BCUT2D eigenvalue weighted by atomic mass is 9.94. The second kappa shape index (κ2) is 6.13. The lowest BCUT2D eigenvalue weighted by Crippen LogP contribution is -2.46. The van der Waals surface area contributed by atoms with Gasteiger partial charge in [0, 0.05) is 37.3 Å². The van der Waals surface area contributed by atoms with E-state index in [4.69, 9.17) is 4.42 Å². The number of rotatable bonds is 3. The molecule has 1 fully saturated rings. The molecule has 3 rings (SSSR count). The zero-order valence-electron chi connectivity index (χ0n) is 13.7. The molecule has 1 aliphatic heterocycles. The molecule has 0 amide bonds. The van der Waals surface area contributed by atoms with Crippen molar-refractivity contribution in [3.8, 4) is 0 Å². The molecule has 0 saturated carbocycles. The largest absolute Gasteiger partial charge is 0.444 e. The van der Waals surface area contributed by atoms with Crippen molar-refractivity contribution in [1.29, 1.82) is 0 Å². The quantitative estimate of drug-likeness (QED) is 0.870. The van der Waals surface area contributed by atoms with Crippen LogP contribution in [-0.2, 0) is 12.0 Å². The van der Waals surface area contributed by atoms with Crippen molar-refractivity contribution in [3.05, 3.63) is 48.2 Å². The zero-order valence-corrected chi connectivity index (χ0v) is 13.7. The second-order valence-corrected chi connectivity index (χ2v) is 6.97. The van der Waals surface area contributed by atoms with Crippen molar-refractivity contribution in [1.82, 2.24) is 9.88 Å². The molecule has 0 radical (unpaired) electrons. The molecular weight excluding hydrogens is 274 g/mol. The average Bonchev–Trinajstić information content (AvgIpc) is 2.98. The minimum atomic E-state index is 0.0251. The summed E-state index contributed by atoms with van der Waals surface area (Å²) in [6.45, 7) is 11.4. The van der Waals surface area contributed by atoms with Gasteiger partial charge in [0.1, 0.15) is 5.76 Å². The van der Waals surface area contributed by atoms with E-state index in [2.05, 4.69) is 65.9 Å². The third-order valence-electron chi connectivity index (χ3n) is 4.15. The minimum absolute atomic E-state index is 0.0251. The summed E-state index contributed by atoms with van der Waals surface area (Å²) in [6, 6.07) is 10.6. The van der Waals surface area contributed by atoms with Gasteiger partial charge in [0.25, 0.3) is 0 Å². The highest BCUT2D eigenvalue weighted by Gasteiger charge is 2.22. The topological polar surface area (TPSA) is 32.5 Å². The number of benzene rings is 1. The summed E-state index contributed by atoms with van der Waals surface area (Å²) in [6.07, 6.45) is 1.87. The Hall–Kier alpha value is -1.81. The Balaban J connectivity index is 1.55. The maximum Gasteiger partial charge on any atom is 0.208 e. The normalized spacial score (nSPS) is 17.0. The molecule has 1 aromatic carbocycles. The van der Waals surface area contributed by atoms with E-state index < -0.39 is 0 Å². The van der Waals surface area contributed by atoms with E-state index >= 15 is 0 Å². The fraction of sp³-hybridized carbons (Fsp3) is 0.500. The Kier molecular flexibility index (Phi) is 4.21. The van der Waals surface area contributed by atoms with E-state index in [1.165, 1.54) is 5.69 Å². The van der Waals surface area contributed by atoms with E-state index in [9.17, 15) is 0 Å². The molecule has 0 aliphatic carbocycles. The third-order valence-corrected chi connectivity index (χ3v) is 4.15. The number of anilines is 1. The van der Waals surface area contributed by atoms with Crippen LogP contribution in [0, 0.1) is 0 Å². The molecule has 22 heavy (non-hydrogen) atoms. The maximum atomic E-state index is 5.90. The molecule has 4 heteroatoms. The van der Waals surface area contributed by atoms with Gasteiger partial charge < -0.3 is 9.32 Å². The van der Waals surface area contributed by atoms with Crippen LogP contribution in [0.4, 0.5) is 5.69 Å². The molecule has 1 aliphatic rings. The molecule has 0 unspecified atom stereocenters. The number of piperazine rings is 1. The first-order valence-electron chi connectivity index (χ1n) is 8.00. The molecule has 0 N–H and O–H groups in total. The first-order chi connectivity index (χ1) is 10.5. The molecule has 0 atom stereocenters. The van der Waals surface area contributed by atoms with Crippen molar-refractivity contribution < 1.29 is 4.42 Å². The van der Waals surface area contributed by atoms with Gasteiger partial charge in [-0.1, -0.05) is 39.0 Å². The van der Waals surface area contributed by atoms with E-state index in [0.717, 1.165) is 44.4 Å². The summed E-state index contributed by atoms with van der Waals surface area (Å²) in [7, 11) is 0. The van der Waals surface area contributed by atoms with Crippen LogP contribution in [-0.4, -0.2) is 36.1 Å². The smallest absolute Gasteiger partial charge is 0.208 e. The molecule has 2 aromatic rings. The standard InChI is InChI=1S/C18H25N3O/c1-18(2,3)16-13-19-17(22-16)14-20-9-11-21(12-10-20)15-7-5-4-6-8-15/h4-8,13H,9-12,14H2,1-3H3. The van der Waals surface area contributed by atoms with Crippen LogP contribution in [0.15, 0.2) is 40.9 Å². The fourth-order valence-electron chi connectivity index (χ4n) is 2.72. The average molecular weight is 299 g/mol. The monoisotopic (exact) mass is 299 g/mol. The lowest BCUT2D eigenvalue weighted by Gasteiger charge is -2.35. The number of hydrogen-bond acceptors (Lipinski definition) is 4. The number of para-hydroxylation sites is 1. The summed E-state index contributed by atoms with van der Waals surface area (Å²) < 4.78 is 5.90. The second-order valence-electron chi connectivity index (χ2n) is 6.97. The maximum absolute atomic E-state index is 5.90. The molecule has 1 saturated heterocycles. The Morgan fingerprint density at radius 3 is 2.32 bits per heavy atom. The van der Waals surface area contributed by atoms with Crippen LogP contribution in [0.2, 0.25) is 0 Å². The Bertz CT molecular complexity index is 592. The van der Waals surface area contributed by atoms with Gasteiger partial charge in [-0.05, 0) is 12.1 Å². The minimum Gasteiger partial charge on any atom is -0.444 e. The number of nitrogens with zero attached hydrogens (tertiary/aromatic N) is 3. The Morgan fingerprint density at radius 1 is 1.05 bits per heavy atom. The fourth-order valence-corrected chi connectivity index (χ4v) is 2.72. The van der Waals surface area contributed by atoms with Crippen LogP contribution in [0.3, 0.4) is 0 Å². The van der Waals surface area contributed by atoms with E-state index in [-0.39, 0.29) is 5.41 Å². The predicted octanol–water partition coefficient (Wildman–Crippen LogP) is 3.29. The molecular formula is C18H25N3O. The summed E-state index contributed by atoms with van der Waals surface area (Å²) in [4.78, 5) is 9.28. The van der Waals surface area contributed by atoms with Crippen molar-refractivity contribution in [2.45, 2.75) is 32.7 Å². The van der Waals surface area contributed by atoms with Crippen molar-refractivity contribution >= 4 is 5.69 Å². The van der Waals surface area contributed by atoms with Crippen molar-refractivity contribution in [3.63, 3.8) is 0 Å². The molecule has 2 heterocycles. The van der Waals surface area contributed by atoms with Crippen LogP contribution >= 0.6 is 0 Å². The Labute approximate surface area is 132 Å². The highest BCUT2D eigenvalue weighted by Crippen LogP contribution is 2.23. The summed E-state index contributed by atoms with van der Waals surface area (Å²) in [5, 5.41) is 0. The van der Waals surface area contributed by atoms with Crippen molar-refractivity contribution in [2.75, 3.05) is 31.1 Å². The van der Waals surface area contributed by atoms with E-state index in [1.54, 1.807) is 0 Å². The number of hydrogen-bond donors (Lipinski definition) is 0.